The van der Waals surface area contributed by atoms with Crippen LogP contribution in [0.4, 0.5) is 0 Å². The number of sulfone groups is 1. The highest BCUT2D eigenvalue weighted by molar-refractivity contribution is 7.91. The van der Waals surface area contributed by atoms with Gasteiger partial charge in [0.05, 0.1) is 24.6 Å². The van der Waals surface area contributed by atoms with Crippen molar-refractivity contribution in [2.45, 2.75) is 51.9 Å². The van der Waals surface area contributed by atoms with Crippen LogP contribution in [0.25, 0.3) is 0 Å². The van der Waals surface area contributed by atoms with Gasteiger partial charge in [0.25, 0.3) is 0 Å². The zero-order valence-electron chi connectivity index (χ0n) is 16.0. The van der Waals surface area contributed by atoms with Crippen LogP contribution >= 0.6 is 0 Å². The lowest BCUT2D eigenvalue weighted by Gasteiger charge is -2.43. The smallest absolute Gasteiger partial charge is 0.230 e. The highest BCUT2D eigenvalue weighted by atomic mass is 32.2. The van der Waals surface area contributed by atoms with E-state index in [4.69, 9.17) is 8.83 Å². The second-order valence-electron chi connectivity index (χ2n) is 7.85. The third-order valence-electron chi connectivity index (χ3n) is 5.38. The molecule has 0 unspecified atom stereocenters. The highest BCUT2D eigenvalue weighted by Gasteiger charge is 2.46. The predicted octanol–water partition coefficient (Wildman–Crippen LogP) is 1.58. The number of furan rings is 1. The van der Waals surface area contributed by atoms with E-state index in [1.54, 1.807) is 0 Å². The van der Waals surface area contributed by atoms with Crippen LogP contribution in [0.5, 0.6) is 0 Å². The summed E-state index contributed by atoms with van der Waals surface area (Å²) in [6.45, 7) is 8.59. The molecule has 9 heteroatoms. The first-order valence-corrected chi connectivity index (χ1v) is 11.2. The van der Waals surface area contributed by atoms with E-state index < -0.39 is 9.84 Å². The minimum absolute atomic E-state index is 0.0401. The normalized spacial score (nSPS) is 25.9. The van der Waals surface area contributed by atoms with Crippen molar-refractivity contribution in [2.24, 2.45) is 0 Å². The van der Waals surface area contributed by atoms with Crippen molar-refractivity contribution in [1.29, 1.82) is 0 Å². The van der Waals surface area contributed by atoms with Gasteiger partial charge in [0.1, 0.15) is 11.5 Å². The summed E-state index contributed by atoms with van der Waals surface area (Å²) in [5.74, 6) is 3.47. The summed E-state index contributed by atoms with van der Waals surface area (Å²) in [6.07, 6.45) is 0. The summed E-state index contributed by atoms with van der Waals surface area (Å²) in [4.78, 5) is 4.41. The second kappa shape index (κ2) is 7.03. The van der Waals surface area contributed by atoms with E-state index in [9.17, 15) is 8.42 Å². The minimum Gasteiger partial charge on any atom is -0.465 e. The van der Waals surface area contributed by atoms with Crippen LogP contribution in [0.1, 0.15) is 43.1 Å². The maximum atomic E-state index is 12.4. The quantitative estimate of drug-likeness (QED) is 0.755. The van der Waals surface area contributed by atoms with E-state index in [0.717, 1.165) is 24.6 Å². The van der Waals surface area contributed by atoms with Gasteiger partial charge in [-0.1, -0.05) is 13.8 Å². The molecule has 2 saturated heterocycles. The maximum absolute atomic E-state index is 12.4. The Hall–Kier alpha value is -1.71. The number of hydrogen-bond acceptors (Lipinski definition) is 8. The number of hydrogen-bond donors (Lipinski definition) is 0. The van der Waals surface area contributed by atoms with Gasteiger partial charge in [-0.15, -0.1) is 10.2 Å². The van der Waals surface area contributed by atoms with Gasteiger partial charge in [0.2, 0.25) is 11.8 Å². The van der Waals surface area contributed by atoms with Crippen LogP contribution in [0.15, 0.2) is 21.0 Å². The molecule has 2 atom stereocenters. The summed E-state index contributed by atoms with van der Waals surface area (Å²) in [7, 11) is -3.06. The van der Waals surface area contributed by atoms with Gasteiger partial charge in [-0.2, -0.15) is 0 Å². The van der Waals surface area contributed by atoms with Crippen LogP contribution in [0.3, 0.4) is 0 Å². The van der Waals surface area contributed by atoms with Crippen LogP contribution in [-0.2, 0) is 22.9 Å². The molecule has 8 nitrogen and oxygen atoms in total. The fraction of sp³-hybridized carbons (Fsp3) is 0.667. The molecule has 2 aliphatic heterocycles. The molecule has 0 N–H and O–H groups in total. The first kappa shape index (κ1) is 18.6. The largest absolute Gasteiger partial charge is 0.465 e. The summed E-state index contributed by atoms with van der Waals surface area (Å²) >= 11 is 0. The number of piperazine rings is 1. The summed E-state index contributed by atoms with van der Waals surface area (Å²) in [5.41, 5.74) is 0. The lowest BCUT2D eigenvalue weighted by atomic mass is 10.0. The van der Waals surface area contributed by atoms with Gasteiger partial charge in [-0.25, -0.2) is 8.42 Å². The van der Waals surface area contributed by atoms with E-state index in [0.29, 0.717) is 24.9 Å². The number of fused-ring (bicyclic) bond motifs is 1. The highest BCUT2D eigenvalue weighted by Crippen LogP contribution is 2.29. The molecule has 0 aromatic carbocycles. The Labute approximate surface area is 159 Å². The van der Waals surface area contributed by atoms with Gasteiger partial charge in [-0.3, -0.25) is 9.80 Å². The topological polar surface area (TPSA) is 92.7 Å². The maximum Gasteiger partial charge on any atom is 0.230 e. The molecule has 0 aliphatic carbocycles. The molecular weight excluding hydrogens is 368 g/mol. The standard InChI is InChI=1S/C18H26N4O4S/c1-12(2)18-20-19-17(26-18)9-22-7-6-21(8-14-5-4-13(3)25-14)15-10-27(23,24)11-16(15)22/h4-5,12,15-16H,6-11H2,1-3H3/t15-,16+/m1/s1. The van der Waals surface area contributed by atoms with E-state index in [1.165, 1.54) is 0 Å². The van der Waals surface area contributed by atoms with Crippen molar-refractivity contribution in [3.63, 3.8) is 0 Å². The molecule has 2 aromatic rings. The molecule has 4 heterocycles. The Balaban J connectivity index is 1.50. The Morgan fingerprint density at radius 2 is 1.74 bits per heavy atom. The number of nitrogens with zero attached hydrogens (tertiary/aromatic N) is 4. The molecule has 2 aromatic heterocycles. The molecule has 2 aliphatic rings. The number of rotatable bonds is 5. The van der Waals surface area contributed by atoms with Gasteiger partial charge in [-0.05, 0) is 19.1 Å². The van der Waals surface area contributed by atoms with E-state index in [-0.39, 0.29) is 29.5 Å². The van der Waals surface area contributed by atoms with Crippen LogP contribution < -0.4 is 0 Å². The number of aromatic nitrogens is 2. The Bertz CT molecular complexity index is 904. The molecule has 4 rings (SSSR count). The Kier molecular flexibility index (Phi) is 4.85. The minimum atomic E-state index is -3.06. The van der Waals surface area contributed by atoms with Crippen LogP contribution in [0.2, 0.25) is 0 Å². The van der Waals surface area contributed by atoms with Crippen molar-refractivity contribution in [3.05, 3.63) is 35.4 Å². The molecule has 0 spiro atoms. The zero-order chi connectivity index (χ0) is 19.2. The van der Waals surface area contributed by atoms with E-state index >= 15 is 0 Å². The first-order chi connectivity index (χ1) is 12.8. The third kappa shape index (κ3) is 3.95. The SMILES string of the molecule is Cc1ccc(CN2CCN(Cc3nnc(C(C)C)o3)[C@H]3CS(=O)(=O)C[C@H]32)o1. The monoisotopic (exact) mass is 394 g/mol. The average Bonchev–Trinajstić information content (AvgIpc) is 3.28. The molecule has 0 radical (unpaired) electrons. The average molecular weight is 394 g/mol. The van der Waals surface area contributed by atoms with Crippen molar-refractivity contribution < 1.29 is 17.3 Å². The molecule has 2 fully saturated rings. The van der Waals surface area contributed by atoms with Gasteiger partial charge in [0.15, 0.2) is 9.84 Å². The fourth-order valence-corrected chi connectivity index (χ4v) is 6.04. The molecule has 148 valence electrons. The van der Waals surface area contributed by atoms with Gasteiger partial charge >= 0.3 is 0 Å². The van der Waals surface area contributed by atoms with Crippen molar-refractivity contribution in [2.75, 3.05) is 24.6 Å². The molecule has 0 bridgehead atoms. The van der Waals surface area contributed by atoms with Crippen molar-refractivity contribution in [3.8, 4) is 0 Å². The fourth-order valence-electron chi connectivity index (χ4n) is 4.00. The van der Waals surface area contributed by atoms with E-state index in [2.05, 4.69) is 20.0 Å². The summed E-state index contributed by atoms with van der Waals surface area (Å²) in [6, 6.07) is 3.80. The summed E-state index contributed by atoms with van der Waals surface area (Å²) in [5, 5.41) is 8.22. The predicted molar refractivity (Wildman–Crippen MR) is 98.9 cm³/mol. The second-order valence-corrected chi connectivity index (χ2v) is 10.0. The molecular formula is C18H26N4O4S. The zero-order valence-corrected chi connectivity index (χ0v) is 16.8. The van der Waals surface area contributed by atoms with Gasteiger partial charge in [0, 0.05) is 31.1 Å². The van der Waals surface area contributed by atoms with Crippen LogP contribution in [0, 0.1) is 6.92 Å². The molecule has 0 amide bonds. The van der Waals surface area contributed by atoms with Crippen molar-refractivity contribution >= 4 is 9.84 Å². The Morgan fingerprint density at radius 1 is 1.07 bits per heavy atom. The molecule has 0 saturated carbocycles. The van der Waals surface area contributed by atoms with Gasteiger partial charge < -0.3 is 8.83 Å². The first-order valence-electron chi connectivity index (χ1n) is 9.37. The lowest BCUT2D eigenvalue weighted by molar-refractivity contribution is 0.0268. The van der Waals surface area contributed by atoms with Crippen molar-refractivity contribution in [1.82, 2.24) is 20.0 Å². The molecule has 27 heavy (non-hydrogen) atoms. The number of aryl methyl sites for hydroxylation is 1. The third-order valence-corrected chi connectivity index (χ3v) is 7.07. The van der Waals surface area contributed by atoms with Crippen LogP contribution in [-0.4, -0.2) is 65.1 Å². The summed E-state index contributed by atoms with van der Waals surface area (Å²) < 4.78 is 36.2. The lowest BCUT2D eigenvalue weighted by Crippen LogP contribution is -2.58. The Morgan fingerprint density at radius 3 is 2.30 bits per heavy atom. The van der Waals surface area contributed by atoms with E-state index in [1.807, 2.05) is 32.9 Å².